The minimum Gasteiger partial charge on any atom is -0.348 e. The molecule has 1 heterocycles. The van der Waals surface area contributed by atoms with Gasteiger partial charge < -0.3 is 10.3 Å². The summed E-state index contributed by atoms with van der Waals surface area (Å²) >= 11 is 6.16. The highest BCUT2D eigenvalue weighted by molar-refractivity contribution is 6.35. The molecule has 0 spiro atoms. The fourth-order valence-electron chi connectivity index (χ4n) is 1.90. The van der Waals surface area contributed by atoms with E-state index in [0.717, 1.165) is 21.5 Å². The van der Waals surface area contributed by atoms with Crippen molar-refractivity contribution in [2.75, 3.05) is 0 Å². The molecule has 2 nitrogen and oxygen atoms in total. The van der Waals surface area contributed by atoms with Crippen LogP contribution in [0.3, 0.4) is 0 Å². The van der Waals surface area contributed by atoms with E-state index < -0.39 is 0 Å². The Morgan fingerprint density at radius 3 is 2.79 bits per heavy atom. The molecule has 74 valence electrons. The van der Waals surface area contributed by atoms with Crippen LogP contribution in [0.2, 0.25) is 5.02 Å². The van der Waals surface area contributed by atoms with Gasteiger partial charge in [0.15, 0.2) is 0 Å². The first-order valence-electron chi connectivity index (χ1n) is 4.59. The van der Waals surface area contributed by atoms with Crippen LogP contribution in [-0.2, 0) is 13.6 Å². The molecular weight excluding hydrogens is 196 g/mol. The third-order valence-corrected chi connectivity index (χ3v) is 3.11. The molecular formula is C11H13ClN2. The molecule has 2 rings (SSSR count). The van der Waals surface area contributed by atoms with Crippen LogP contribution in [0.15, 0.2) is 18.2 Å². The Balaban J connectivity index is 2.96. The molecule has 2 N–H and O–H groups in total. The molecule has 0 aliphatic heterocycles. The van der Waals surface area contributed by atoms with E-state index in [4.69, 9.17) is 17.3 Å². The van der Waals surface area contributed by atoms with Crippen molar-refractivity contribution in [2.45, 2.75) is 13.5 Å². The zero-order valence-electron chi connectivity index (χ0n) is 8.34. The Hall–Kier alpha value is -0.990. The number of aromatic nitrogens is 1. The Bertz CT molecular complexity index is 485. The van der Waals surface area contributed by atoms with Gasteiger partial charge >= 0.3 is 0 Å². The number of hydrogen-bond donors (Lipinski definition) is 1. The van der Waals surface area contributed by atoms with Crippen LogP contribution >= 0.6 is 11.6 Å². The van der Waals surface area contributed by atoms with E-state index in [9.17, 15) is 0 Å². The molecule has 0 saturated heterocycles. The van der Waals surface area contributed by atoms with Gasteiger partial charge in [0.05, 0.1) is 5.02 Å². The monoisotopic (exact) mass is 208 g/mol. The van der Waals surface area contributed by atoms with E-state index in [-0.39, 0.29) is 0 Å². The zero-order valence-corrected chi connectivity index (χ0v) is 9.10. The number of aryl methyl sites for hydroxylation is 1. The number of fused-ring (bicyclic) bond motifs is 1. The molecule has 0 aliphatic carbocycles. The number of nitrogens with two attached hydrogens (primary N) is 1. The lowest BCUT2D eigenvalue weighted by Crippen LogP contribution is -1.99. The summed E-state index contributed by atoms with van der Waals surface area (Å²) in [5.74, 6) is 0. The van der Waals surface area contributed by atoms with Crippen molar-refractivity contribution in [1.29, 1.82) is 0 Å². The number of rotatable bonds is 1. The Morgan fingerprint density at radius 1 is 1.43 bits per heavy atom. The summed E-state index contributed by atoms with van der Waals surface area (Å²) in [6, 6.07) is 5.93. The molecule has 1 aromatic heterocycles. The van der Waals surface area contributed by atoms with Crippen molar-refractivity contribution in [3.8, 4) is 0 Å². The van der Waals surface area contributed by atoms with Crippen LogP contribution in [0, 0.1) is 6.92 Å². The summed E-state index contributed by atoms with van der Waals surface area (Å²) in [5, 5.41) is 1.88. The lowest BCUT2D eigenvalue weighted by molar-refractivity contribution is 0.894. The molecule has 0 saturated carbocycles. The summed E-state index contributed by atoms with van der Waals surface area (Å²) in [6.07, 6.45) is 0. The summed E-state index contributed by atoms with van der Waals surface area (Å²) in [4.78, 5) is 0. The Labute approximate surface area is 88.3 Å². The van der Waals surface area contributed by atoms with Crippen LogP contribution in [0.1, 0.15) is 11.3 Å². The molecule has 0 aliphatic rings. The third kappa shape index (κ3) is 1.15. The molecule has 2 aromatic rings. The zero-order chi connectivity index (χ0) is 10.3. The first-order chi connectivity index (χ1) is 6.66. The Morgan fingerprint density at radius 2 is 2.14 bits per heavy atom. The van der Waals surface area contributed by atoms with Gasteiger partial charge in [0.25, 0.3) is 0 Å². The van der Waals surface area contributed by atoms with Crippen LogP contribution in [0.5, 0.6) is 0 Å². The predicted molar refractivity (Wildman–Crippen MR) is 60.6 cm³/mol. The van der Waals surface area contributed by atoms with Gasteiger partial charge in [-0.2, -0.15) is 0 Å². The number of benzene rings is 1. The molecule has 14 heavy (non-hydrogen) atoms. The van der Waals surface area contributed by atoms with Gasteiger partial charge in [-0.25, -0.2) is 0 Å². The van der Waals surface area contributed by atoms with Crippen LogP contribution < -0.4 is 5.73 Å². The van der Waals surface area contributed by atoms with Gasteiger partial charge in [-0.1, -0.05) is 17.7 Å². The second-order valence-corrected chi connectivity index (χ2v) is 3.87. The van der Waals surface area contributed by atoms with Crippen molar-refractivity contribution in [3.05, 3.63) is 34.5 Å². The maximum atomic E-state index is 6.16. The minimum absolute atomic E-state index is 0.535. The van der Waals surface area contributed by atoms with Crippen molar-refractivity contribution < 1.29 is 0 Å². The maximum Gasteiger partial charge on any atom is 0.0503 e. The van der Waals surface area contributed by atoms with E-state index in [1.165, 1.54) is 5.69 Å². The molecule has 0 amide bonds. The quantitative estimate of drug-likeness (QED) is 0.768. The second kappa shape index (κ2) is 3.30. The molecule has 0 radical (unpaired) electrons. The molecule has 0 bridgehead atoms. The lowest BCUT2D eigenvalue weighted by Gasteiger charge is -1.97. The van der Waals surface area contributed by atoms with Crippen molar-refractivity contribution in [2.24, 2.45) is 12.8 Å². The molecule has 0 unspecified atom stereocenters. The highest BCUT2D eigenvalue weighted by Gasteiger charge is 2.12. The highest BCUT2D eigenvalue weighted by Crippen LogP contribution is 2.30. The fourth-order valence-corrected chi connectivity index (χ4v) is 2.19. The van der Waals surface area contributed by atoms with Crippen molar-refractivity contribution in [1.82, 2.24) is 4.57 Å². The van der Waals surface area contributed by atoms with Crippen molar-refractivity contribution in [3.63, 3.8) is 0 Å². The minimum atomic E-state index is 0.535. The number of halogens is 1. The fraction of sp³-hybridized carbons (Fsp3) is 0.273. The summed E-state index contributed by atoms with van der Waals surface area (Å²) in [7, 11) is 2.03. The maximum absolute atomic E-state index is 6.16. The first-order valence-corrected chi connectivity index (χ1v) is 4.97. The van der Waals surface area contributed by atoms with Gasteiger partial charge in [0.1, 0.15) is 0 Å². The lowest BCUT2D eigenvalue weighted by atomic mass is 10.1. The van der Waals surface area contributed by atoms with Gasteiger partial charge in [-0.15, -0.1) is 0 Å². The van der Waals surface area contributed by atoms with Gasteiger partial charge in [-0.05, 0) is 24.6 Å². The highest BCUT2D eigenvalue weighted by atomic mass is 35.5. The normalized spacial score (nSPS) is 11.1. The van der Waals surface area contributed by atoms with E-state index in [0.29, 0.717) is 6.54 Å². The average molecular weight is 209 g/mol. The van der Waals surface area contributed by atoms with E-state index in [1.54, 1.807) is 0 Å². The number of nitrogens with zero attached hydrogens (tertiary/aromatic N) is 1. The summed E-state index contributed by atoms with van der Waals surface area (Å²) in [5.41, 5.74) is 9.21. The largest absolute Gasteiger partial charge is 0.348 e. The van der Waals surface area contributed by atoms with Crippen LogP contribution in [-0.4, -0.2) is 4.57 Å². The molecule has 0 atom stereocenters. The van der Waals surface area contributed by atoms with E-state index >= 15 is 0 Å². The predicted octanol–water partition coefficient (Wildman–Crippen LogP) is 2.60. The summed E-state index contributed by atoms with van der Waals surface area (Å²) in [6.45, 7) is 2.60. The molecule has 0 fully saturated rings. The van der Waals surface area contributed by atoms with Crippen molar-refractivity contribution >= 4 is 22.5 Å². The average Bonchev–Trinajstić information content (AvgIpc) is 2.43. The molecule has 3 heteroatoms. The van der Waals surface area contributed by atoms with E-state index in [2.05, 4.69) is 17.6 Å². The van der Waals surface area contributed by atoms with Gasteiger partial charge in [0.2, 0.25) is 0 Å². The summed E-state index contributed by atoms with van der Waals surface area (Å²) < 4.78 is 2.13. The van der Waals surface area contributed by atoms with E-state index in [1.807, 2.05) is 19.2 Å². The van der Waals surface area contributed by atoms with Gasteiger partial charge in [0, 0.05) is 30.2 Å². The van der Waals surface area contributed by atoms with Gasteiger partial charge in [-0.3, -0.25) is 0 Å². The second-order valence-electron chi connectivity index (χ2n) is 3.46. The standard InChI is InChI=1S/C11H13ClN2/c1-7-8(6-13)11-9(12)4-3-5-10(11)14(7)2/h3-5H,6,13H2,1-2H3. The molecule has 1 aromatic carbocycles. The Kier molecular flexibility index (Phi) is 2.25. The van der Waals surface area contributed by atoms with Crippen LogP contribution in [0.25, 0.3) is 10.9 Å². The van der Waals surface area contributed by atoms with Crippen LogP contribution in [0.4, 0.5) is 0 Å². The topological polar surface area (TPSA) is 30.9 Å². The first kappa shape index (κ1) is 9.56. The number of hydrogen-bond acceptors (Lipinski definition) is 1. The third-order valence-electron chi connectivity index (χ3n) is 2.80. The SMILES string of the molecule is Cc1c(CN)c2c(Cl)cccc2n1C. The smallest absolute Gasteiger partial charge is 0.0503 e.